The fraction of sp³-hybridized carbons (Fsp3) is 0.273. The van der Waals surface area contributed by atoms with Crippen LogP contribution in [0.1, 0.15) is 16.7 Å². The van der Waals surface area contributed by atoms with Crippen molar-refractivity contribution in [2.45, 2.75) is 20.3 Å². The highest BCUT2D eigenvalue weighted by Gasteiger charge is 1.96. The van der Waals surface area contributed by atoms with Gasteiger partial charge in [-0.2, -0.15) is 0 Å². The fourth-order valence-electron chi connectivity index (χ4n) is 1.13. The predicted molar refractivity (Wildman–Crippen MR) is 54.6 cm³/mol. The molecule has 0 fully saturated rings. The summed E-state index contributed by atoms with van der Waals surface area (Å²) in [5, 5.41) is 0.693. The van der Waals surface area contributed by atoms with Crippen molar-refractivity contribution < 1.29 is 0 Å². The summed E-state index contributed by atoms with van der Waals surface area (Å²) in [4.78, 5) is 0. The molecule has 0 amide bonds. The highest BCUT2D eigenvalue weighted by molar-refractivity contribution is 6.29. The van der Waals surface area contributed by atoms with Crippen LogP contribution in [0, 0.1) is 13.8 Å². The Morgan fingerprint density at radius 3 is 2.50 bits per heavy atom. The van der Waals surface area contributed by atoms with E-state index < -0.39 is 0 Å². The SMILES string of the molecule is C=C(Cl)Cc1ccc(C)c(C)c1. The van der Waals surface area contributed by atoms with E-state index in [4.69, 9.17) is 11.6 Å². The van der Waals surface area contributed by atoms with Gasteiger partial charge < -0.3 is 0 Å². The van der Waals surface area contributed by atoms with Gasteiger partial charge in [0, 0.05) is 11.5 Å². The van der Waals surface area contributed by atoms with Crippen LogP contribution in [-0.4, -0.2) is 0 Å². The molecule has 1 aromatic carbocycles. The van der Waals surface area contributed by atoms with Crippen molar-refractivity contribution in [2.75, 3.05) is 0 Å². The first-order chi connectivity index (χ1) is 5.59. The van der Waals surface area contributed by atoms with Crippen molar-refractivity contribution >= 4 is 11.6 Å². The van der Waals surface area contributed by atoms with Gasteiger partial charge >= 0.3 is 0 Å². The average Bonchev–Trinajstić information content (AvgIpc) is 1.96. The van der Waals surface area contributed by atoms with Gasteiger partial charge in [-0.25, -0.2) is 0 Å². The van der Waals surface area contributed by atoms with E-state index in [0.29, 0.717) is 5.03 Å². The van der Waals surface area contributed by atoms with Gasteiger partial charge in [0.15, 0.2) is 0 Å². The van der Waals surface area contributed by atoms with Crippen LogP contribution in [0.5, 0.6) is 0 Å². The first-order valence-electron chi connectivity index (χ1n) is 3.99. The van der Waals surface area contributed by atoms with Gasteiger partial charge in [0.25, 0.3) is 0 Å². The van der Waals surface area contributed by atoms with Crippen LogP contribution in [0.3, 0.4) is 0 Å². The summed E-state index contributed by atoms with van der Waals surface area (Å²) in [6.45, 7) is 7.88. The van der Waals surface area contributed by atoms with Crippen molar-refractivity contribution in [3.8, 4) is 0 Å². The van der Waals surface area contributed by atoms with Gasteiger partial charge in [-0.3, -0.25) is 0 Å². The number of hydrogen-bond donors (Lipinski definition) is 0. The summed E-state index contributed by atoms with van der Waals surface area (Å²) >= 11 is 5.71. The van der Waals surface area contributed by atoms with Gasteiger partial charge in [-0.05, 0) is 30.5 Å². The molecule has 0 spiro atoms. The lowest BCUT2D eigenvalue weighted by Gasteiger charge is -2.03. The van der Waals surface area contributed by atoms with E-state index in [0.717, 1.165) is 6.42 Å². The Hall–Kier alpha value is -0.750. The smallest absolute Gasteiger partial charge is 0.0153 e. The minimum absolute atomic E-state index is 0.693. The predicted octanol–water partition coefficient (Wildman–Crippen LogP) is 3.60. The molecule has 0 unspecified atom stereocenters. The van der Waals surface area contributed by atoms with Gasteiger partial charge in [0.1, 0.15) is 0 Å². The molecule has 0 nitrogen and oxygen atoms in total. The molecule has 12 heavy (non-hydrogen) atoms. The van der Waals surface area contributed by atoms with E-state index in [2.05, 4.69) is 38.6 Å². The van der Waals surface area contributed by atoms with Crippen molar-refractivity contribution in [3.63, 3.8) is 0 Å². The molecule has 0 aliphatic heterocycles. The molecule has 1 heteroatoms. The van der Waals surface area contributed by atoms with Crippen LogP contribution in [0.15, 0.2) is 29.8 Å². The summed E-state index contributed by atoms with van der Waals surface area (Å²) < 4.78 is 0. The van der Waals surface area contributed by atoms with Crippen molar-refractivity contribution in [3.05, 3.63) is 46.5 Å². The molecular weight excluding hydrogens is 168 g/mol. The highest BCUT2D eigenvalue weighted by atomic mass is 35.5. The van der Waals surface area contributed by atoms with Gasteiger partial charge in [-0.15, -0.1) is 0 Å². The van der Waals surface area contributed by atoms with E-state index >= 15 is 0 Å². The number of halogens is 1. The average molecular weight is 181 g/mol. The Morgan fingerprint density at radius 2 is 2.00 bits per heavy atom. The lowest BCUT2D eigenvalue weighted by Crippen LogP contribution is -1.87. The van der Waals surface area contributed by atoms with Crippen LogP contribution in [0.25, 0.3) is 0 Å². The number of aryl methyl sites for hydroxylation is 2. The minimum atomic E-state index is 0.693. The van der Waals surface area contributed by atoms with Crippen molar-refractivity contribution in [1.82, 2.24) is 0 Å². The molecule has 0 bridgehead atoms. The molecule has 1 rings (SSSR count). The summed E-state index contributed by atoms with van der Waals surface area (Å²) in [7, 11) is 0. The second-order valence-electron chi connectivity index (χ2n) is 3.11. The van der Waals surface area contributed by atoms with Crippen LogP contribution in [-0.2, 0) is 6.42 Å². The number of hydrogen-bond acceptors (Lipinski definition) is 0. The second-order valence-corrected chi connectivity index (χ2v) is 3.65. The molecule has 64 valence electrons. The van der Waals surface area contributed by atoms with E-state index in [1.54, 1.807) is 0 Å². The minimum Gasteiger partial charge on any atom is -0.0894 e. The third kappa shape index (κ3) is 2.38. The fourth-order valence-corrected chi connectivity index (χ4v) is 1.29. The van der Waals surface area contributed by atoms with Crippen molar-refractivity contribution in [2.24, 2.45) is 0 Å². The molecule has 0 aliphatic carbocycles. The number of benzene rings is 1. The maximum atomic E-state index is 5.71. The molecule has 0 aliphatic rings. The lowest BCUT2D eigenvalue weighted by atomic mass is 10.0. The molecular formula is C11H13Cl. The maximum absolute atomic E-state index is 5.71. The summed E-state index contributed by atoms with van der Waals surface area (Å²) in [6, 6.07) is 6.36. The second kappa shape index (κ2) is 3.77. The Kier molecular flexibility index (Phi) is 2.93. The molecule has 0 saturated heterocycles. The van der Waals surface area contributed by atoms with Crippen molar-refractivity contribution in [1.29, 1.82) is 0 Å². The normalized spacial score (nSPS) is 9.92. The van der Waals surface area contributed by atoms with Gasteiger partial charge in [-0.1, -0.05) is 36.4 Å². The standard InChI is InChI=1S/C11H13Cl/c1-8-4-5-11(6-9(8)2)7-10(3)12/h4-6H,3,7H2,1-2H3. The summed E-state index contributed by atoms with van der Waals surface area (Å²) in [5.41, 5.74) is 3.86. The first kappa shape index (κ1) is 9.34. The third-order valence-corrected chi connectivity index (χ3v) is 2.10. The topological polar surface area (TPSA) is 0 Å². The molecule has 1 aromatic rings. The zero-order chi connectivity index (χ0) is 9.14. The molecule has 0 atom stereocenters. The van der Waals surface area contributed by atoms with E-state index in [1.807, 2.05) is 0 Å². The largest absolute Gasteiger partial charge is 0.0894 e. The zero-order valence-electron chi connectivity index (χ0n) is 7.52. The first-order valence-corrected chi connectivity index (χ1v) is 4.37. The summed E-state index contributed by atoms with van der Waals surface area (Å²) in [6.07, 6.45) is 0.767. The highest BCUT2D eigenvalue weighted by Crippen LogP contribution is 2.14. The maximum Gasteiger partial charge on any atom is 0.0153 e. The molecule has 0 aromatic heterocycles. The van der Waals surface area contributed by atoms with Crippen LogP contribution in [0.4, 0.5) is 0 Å². The van der Waals surface area contributed by atoms with Crippen LogP contribution >= 0.6 is 11.6 Å². The monoisotopic (exact) mass is 180 g/mol. The number of allylic oxidation sites excluding steroid dienone is 1. The third-order valence-electron chi connectivity index (χ3n) is 1.97. The summed E-state index contributed by atoms with van der Waals surface area (Å²) in [5.74, 6) is 0. The van der Waals surface area contributed by atoms with E-state index in [9.17, 15) is 0 Å². The molecule has 0 radical (unpaired) electrons. The van der Waals surface area contributed by atoms with E-state index in [1.165, 1.54) is 16.7 Å². The quantitative estimate of drug-likeness (QED) is 0.653. The lowest BCUT2D eigenvalue weighted by molar-refractivity contribution is 1.21. The Bertz CT molecular complexity index is 300. The Labute approximate surface area is 78.9 Å². The van der Waals surface area contributed by atoms with Crippen LogP contribution in [0.2, 0.25) is 0 Å². The van der Waals surface area contributed by atoms with Gasteiger partial charge in [0.05, 0.1) is 0 Å². The zero-order valence-corrected chi connectivity index (χ0v) is 8.28. The number of rotatable bonds is 2. The molecule has 0 heterocycles. The Balaban J connectivity index is 2.89. The van der Waals surface area contributed by atoms with Crippen LogP contribution < -0.4 is 0 Å². The van der Waals surface area contributed by atoms with E-state index in [-0.39, 0.29) is 0 Å². The molecule has 0 saturated carbocycles. The molecule has 0 N–H and O–H groups in total. The Morgan fingerprint density at radius 1 is 1.33 bits per heavy atom. The van der Waals surface area contributed by atoms with Gasteiger partial charge in [0.2, 0.25) is 0 Å².